The Labute approximate surface area is 219 Å². The molecule has 7 atom stereocenters. The van der Waals surface area contributed by atoms with Crippen molar-refractivity contribution in [1.82, 2.24) is 14.7 Å². The summed E-state index contributed by atoms with van der Waals surface area (Å²) in [6.45, 7) is 16.9. The molecule has 0 aromatic rings. The summed E-state index contributed by atoms with van der Waals surface area (Å²) in [6, 6.07) is 0.156. The Bertz CT molecular complexity index is 877. The smallest absolute Gasteiger partial charge is 0.327 e. The third-order valence-electron chi connectivity index (χ3n) is 11.1. The second-order valence-electron chi connectivity index (χ2n) is 13.8. The number of hydrogen-bond donors (Lipinski definition) is 0. The van der Waals surface area contributed by atoms with Crippen molar-refractivity contribution >= 4 is 17.8 Å². The zero-order valence-corrected chi connectivity index (χ0v) is 24.3. The fourth-order valence-corrected chi connectivity index (χ4v) is 9.46. The van der Waals surface area contributed by atoms with Crippen LogP contribution in [0.15, 0.2) is 0 Å². The number of nitrogens with zero attached hydrogens (tertiary/aromatic N) is 3. The zero-order valence-electron chi connectivity index (χ0n) is 24.3. The standard InChI is InChI=1S/C30H51N3O3/c1-18(2)32(19(3)4)28(36)33(20(5)6)27(35)24-12-11-22-21-10-13-25-30(8,17-15-26(34)31(25)9)23(21)14-16-29(22,24)7/h18-25H,10-17H2,1-9H3/t21-,22-,23-,24+,25+,29-,30+/m0/s1. The lowest BCUT2D eigenvalue weighted by Crippen LogP contribution is -2.62. The number of amides is 4. The van der Waals surface area contributed by atoms with Gasteiger partial charge in [0.1, 0.15) is 0 Å². The van der Waals surface area contributed by atoms with Crippen molar-refractivity contribution < 1.29 is 14.4 Å². The van der Waals surface area contributed by atoms with E-state index in [9.17, 15) is 14.4 Å². The Morgan fingerprint density at radius 3 is 2.03 bits per heavy atom. The van der Waals surface area contributed by atoms with Gasteiger partial charge in [-0.2, -0.15) is 0 Å². The zero-order chi connectivity index (χ0) is 26.7. The highest BCUT2D eigenvalue weighted by molar-refractivity contribution is 5.96. The molecule has 0 N–H and O–H groups in total. The van der Waals surface area contributed by atoms with E-state index in [0.717, 1.165) is 44.9 Å². The van der Waals surface area contributed by atoms with Gasteiger partial charge in [0.05, 0.1) is 0 Å². The van der Waals surface area contributed by atoms with Gasteiger partial charge >= 0.3 is 6.03 Å². The van der Waals surface area contributed by atoms with Crippen molar-refractivity contribution in [2.75, 3.05) is 7.05 Å². The molecule has 36 heavy (non-hydrogen) atoms. The molecule has 0 unspecified atom stereocenters. The SMILES string of the molecule is CC(C)N(C(=O)[C@H]1CC[C@H]2[C@@H]3CC[C@H]4N(C)C(=O)CC[C@]4(C)[C@H]3CC[C@]12C)C(=O)N(C(C)C)C(C)C. The maximum absolute atomic E-state index is 14.2. The topological polar surface area (TPSA) is 60.9 Å². The summed E-state index contributed by atoms with van der Waals surface area (Å²) >= 11 is 0. The molecule has 0 bridgehead atoms. The third kappa shape index (κ3) is 4.09. The van der Waals surface area contributed by atoms with Crippen LogP contribution in [-0.4, -0.2) is 63.8 Å². The summed E-state index contributed by atoms with van der Waals surface area (Å²) in [4.78, 5) is 45.9. The highest BCUT2D eigenvalue weighted by atomic mass is 16.2. The highest BCUT2D eigenvalue weighted by Crippen LogP contribution is 2.66. The lowest BCUT2D eigenvalue weighted by atomic mass is 9.47. The first kappa shape index (κ1) is 27.4. The minimum atomic E-state index is -0.159. The van der Waals surface area contributed by atoms with E-state index >= 15 is 0 Å². The van der Waals surface area contributed by atoms with E-state index in [0.29, 0.717) is 36.1 Å². The van der Waals surface area contributed by atoms with Gasteiger partial charge in [0, 0.05) is 43.6 Å². The van der Waals surface area contributed by atoms with Crippen LogP contribution in [0.4, 0.5) is 4.79 Å². The molecule has 4 aliphatic rings. The van der Waals surface area contributed by atoms with Crippen LogP contribution in [-0.2, 0) is 9.59 Å². The molecule has 4 fully saturated rings. The van der Waals surface area contributed by atoms with E-state index in [-0.39, 0.29) is 46.8 Å². The van der Waals surface area contributed by atoms with E-state index in [1.54, 1.807) is 4.90 Å². The minimum absolute atomic E-state index is 0.0466. The average molecular weight is 502 g/mol. The highest BCUT2D eigenvalue weighted by Gasteiger charge is 2.62. The minimum Gasteiger partial charge on any atom is -0.342 e. The van der Waals surface area contributed by atoms with Crippen LogP contribution in [0.25, 0.3) is 0 Å². The van der Waals surface area contributed by atoms with Gasteiger partial charge in [0.2, 0.25) is 11.8 Å². The Morgan fingerprint density at radius 2 is 1.44 bits per heavy atom. The Hall–Kier alpha value is -1.59. The first-order valence-corrected chi connectivity index (χ1v) is 14.7. The molecule has 0 radical (unpaired) electrons. The van der Waals surface area contributed by atoms with Gasteiger partial charge in [-0.15, -0.1) is 0 Å². The maximum atomic E-state index is 14.2. The predicted molar refractivity (Wildman–Crippen MR) is 143 cm³/mol. The molecule has 0 aromatic carbocycles. The van der Waals surface area contributed by atoms with Gasteiger partial charge in [-0.05, 0) is 115 Å². The van der Waals surface area contributed by atoms with Crippen LogP contribution < -0.4 is 0 Å². The summed E-state index contributed by atoms with van der Waals surface area (Å²) in [7, 11) is 2.01. The molecule has 4 rings (SSSR count). The Kier molecular flexibility index (Phi) is 7.33. The average Bonchev–Trinajstić information content (AvgIpc) is 3.13. The molecular weight excluding hydrogens is 450 g/mol. The van der Waals surface area contributed by atoms with E-state index in [2.05, 4.69) is 18.7 Å². The van der Waals surface area contributed by atoms with Crippen molar-refractivity contribution in [2.45, 2.75) is 131 Å². The largest absolute Gasteiger partial charge is 0.342 e. The van der Waals surface area contributed by atoms with E-state index in [1.807, 2.05) is 53.5 Å². The van der Waals surface area contributed by atoms with Crippen molar-refractivity contribution in [2.24, 2.45) is 34.5 Å². The number of piperidine rings is 1. The van der Waals surface area contributed by atoms with Crippen LogP contribution >= 0.6 is 0 Å². The fraction of sp³-hybridized carbons (Fsp3) is 0.900. The van der Waals surface area contributed by atoms with E-state index in [1.165, 1.54) is 0 Å². The van der Waals surface area contributed by atoms with Gasteiger partial charge < -0.3 is 9.80 Å². The van der Waals surface area contributed by atoms with Crippen molar-refractivity contribution in [3.05, 3.63) is 0 Å². The summed E-state index contributed by atoms with van der Waals surface area (Å²) in [5.41, 5.74) is 0.135. The van der Waals surface area contributed by atoms with E-state index < -0.39 is 0 Å². The molecule has 1 heterocycles. The van der Waals surface area contributed by atoms with Gasteiger partial charge in [0.15, 0.2) is 0 Å². The quantitative estimate of drug-likeness (QED) is 0.479. The molecule has 1 aliphatic heterocycles. The number of carbonyl (C=O) groups excluding carboxylic acids is 3. The number of rotatable bonds is 4. The van der Waals surface area contributed by atoms with Crippen molar-refractivity contribution in [3.8, 4) is 0 Å². The second kappa shape index (κ2) is 9.62. The van der Waals surface area contributed by atoms with Gasteiger partial charge in [-0.3, -0.25) is 14.5 Å². The Balaban J connectivity index is 1.58. The summed E-state index contributed by atoms with van der Waals surface area (Å²) < 4.78 is 0. The molecule has 6 nitrogen and oxygen atoms in total. The van der Waals surface area contributed by atoms with Gasteiger partial charge in [-0.1, -0.05) is 13.8 Å². The van der Waals surface area contributed by atoms with Crippen molar-refractivity contribution in [1.29, 1.82) is 0 Å². The number of hydrogen-bond acceptors (Lipinski definition) is 3. The lowest BCUT2D eigenvalue weighted by Gasteiger charge is -2.61. The molecule has 204 valence electrons. The molecule has 0 aromatic heterocycles. The predicted octanol–water partition coefficient (Wildman–Crippen LogP) is 5.94. The van der Waals surface area contributed by atoms with Crippen molar-refractivity contribution in [3.63, 3.8) is 0 Å². The van der Waals surface area contributed by atoms with Crippen LogP contribution in [0.3, 0.4) is 0 Å². The third-order valence-corrected chi connectivity index (χ3v) is 11.1. The van der Waals surface area contributed by atoms with Gasteiger partial charge in [0.25, 0.3) is 0 Å². The number of imide groups is 1. The first-order valence-electron chi connectivity index (χ1n) is 14.7. The molecule has 0 spiro atoms. The second-order valence-corrected chi connectivity index (χ2v) is 13.8. The number of likely N-dealkylation sites (tertiary alicyclic amines) is 1. The molecule has 3 aliphatic carbocycles. The summed E-state index contributed by atoms with van der Waals surface area (Å²) in [6.07, 6.45) is 8.07. The molecular formula is C30H51N3O3. The van der Waals surface area contributed by atoms with Crippen LogP contribution in [0, 0.1) is 34.5 Å². The van der Waals surface area contributed by atoms with Crippen LogP contribution in [0.5, 0.6) is 0 Å². The number of fused-ring (bicyclic) bond motifs is 5. The number of urea groups is 1. The van der Waals surface area contributed by atoms with Crippen LogP contribution in [0.1, 0.15) is 107 Å². The normalized spacial score (nSPS) is 38.2. The number of carbonyl (C=O) groups is 3. The maximum Gasteiger partial charge on any atom is 0.327 e. The fourth-order valence-electron chi connectivity index (χ4n) is 9.46. The summed E-state index contributed by atoms with van der Waals surface area (Å²) in [5.74, 6) is 2.04. The van der Waals surface area contributed by atoms with E-state index in [4.69, 9.17) is 0 Å². The summed E-state index contributed by atoms with van der Waals surface area (Å²) in [5, 5.41) is 0. The lowest BCUT2D eigenvalue weighted by molar-refractivity contribution is -0.161. The van der Waals surface area contributed by atoms with Crippen LogP contribution in [0.2, 0.25) is 0 Å². The first-order chi connectivity index (χ1) is 16.8. The molecule has 4 amide bonds. The molecule has 1 saturated heterocycles. The molecule has 6 heteroatoms. The monoisotopic (exact) mass is 501 g/mol. The molecule has 3 saturated carbocycles. The Morgan fingerprint density at radius 1 is 0.833 bits per heavy atom. The van der Waals surface area contributed by atoms with Gasteiger partial charge in [-0.25, -0.2) is 4.79 Å².